The number of hydrogen-bond donors (Lipinski definition) is 2. The van der Waals surface area contributed by atoms with Gasteiger partial charge in [0.2, 0.25) is 10.0 Å². The third-order valence-corrected chi connectivity index (χ3v) is 7.64. The molecule has 1 atom stereocenters. The minimum absolute atomic E-state index is 0.0342. The fourth-order valence-electron chi connectivity index (χ4n) is 3.41. The van der Waals surface area contributed by atoms with Gasteiger partial charge in [-0.05, 0) is 13.3 Å². The van der Waals surface area contributed by atoms with Gasteiger partial charge in [0.1, 0.15) is 12.4 Å². The van der Waals surface area contributed by atoms with E-state index in [4.69, 9.17) is 4.74 Å². The molecule has 12 heteroatoms. The van der Waals surface area contributed by atoms with E-state index >= 15 is 0 Å². The van der Waals surface area contributed by atoms with E-state index < -0.39 is 10.0 Å². The number of aromatic nitrogens is 3. The van der Waals surface area contributed by atoms with Gasteiger partial charge in [0.25, 0.3) is 0 Å². The van der Waals surface area contributed by atoms with Gasteiger partial charge < -0.3 is 15.4 Å². The van der Waals surface area contributed by atoms with E-state index in [-0.39, 0.29) is 18.3 Å². The smallest absolute Gasteiger partial charge is 0.215 e. The number of methoxy groups -OCH3 is 1. The Morgan fingerprint density at radius 2 is 2.17 bits per heavy atom. The van der Waals surface area contributed by atoms with Crippen LogP contribution < -0.4 is 10.6 Å². The summed E-state index contributed by atoms with van der Waals surface area (Å²) in [6.45, 7) is 5.24. The number of nitrogens with one attached hydrogen (secondary N) is 2. The number of fused-ring (bicyclic) bond motifs is 1. The molecule has 0 aromatic carbocycles. The maximum Gasteiger partial charge on any atom is 0.215 e. The monoisotopic (exact) mass is 445 g/mol. The van der Waals surface area contributed by atoms with E-state index in [9.17, 15) is 8.42 Å². The molecular formula is C17H31N7O3S2. The van der Waals surface area contributed by atoms with E-state index in [1.54, 1.807) is 23.2 Å². The Hall–Kier alpha value is -1.37. The number of aryl methyl sites for hydroxylation is 1. The second-order valence-electron chi connectivity index (χ2n) is 7.03. The second kappa shape index (κ2) is 10.6. The van der Waals surface area contributed by atoms with Gasteiger partial charge in [0, 0.05) is 50.7 Å². The Morgan fingerprint density at radius 3 is 2.90 bits per heavy atom. The lowest BCUT2D eigenvalue weighted by molar-refractivity contribution is 0.177. The molecule has 0 aliphatic carbocycles. The van der Waals surface area contributed by atoms with Crippen LogP contribution in [-0.2, 0) is 34.3 Å². The number of nitrogens with zero attached hydrogens (tertiary/aromatic N) is 5. The molecule has 2 aliphatic rings. The van der Waals surface area contributed by atoms with E-state index in [0.29, 0.717) is 44.6 Å². The van der Waals surface area contributed by atoms with Gasteiger partial charge in [0.15, 0.2) is 11.8 Å². The maximum atomic E-state index is 12.5. The highest BCUT2D eigenvalue weighted by molar-refractivity contribution is 7.99. The standard InChI is InChI=1S/C17H31N7O3S2/c1-3-18-17(19-6-11-29(25,26)23-7-9-28-10-8-23)20-14-4-5-16-21-15(13-27-2)22-24(16)12-14/h14H,3-13H2,1-2H3,(H2,18,19,20). The first-order valence-corrected chi connectivity index (χ1v) is 12.8. The Kier molecular flexibility index (Phi) is 8.16. The lowest BCUT2D eigenvalue weighted by atomic mass is 10.1. The first kappa shape index (κ1) is 22.3. The number of hydrogen-bond acceptors (Lipinski definition) is 7. The molecule has 1 fully saturated rings. The summed E-state index contributed by atoms with van der Waals surface area (Å²) < 4.78 is 33.6. The molecule has 3 heterocycles. The van der Waals surface area contributed by atoms with Crippen molar-refractivity contribution in [2.45, 2.75) is 39.0 Å². The summed E-state index contributed by atoms with van der Waals surface area (Å²) in [5.74, 6) is 4.08. The zero-order valence-corrected chi connectivity index (χ0v) is 18.8. The van der Waals surface area contributed by atoms with Gasteiger partial charge in [-0.15, -0.1) is 0 Å². The molecule has 0 bridgehead atoms. The quantitative estimate of drug-likeness (QED) is 0.413. The predicted molar refractivity (Wildman–Crippen MR) is 115 cm³/mol. The molecule has 0 amide bonds. The fraction of sp³-hybridized carbons (Fsp3) is 0.824. The molecule has 1 saturated heterocycles. The topological polar surface area (TPSA) is 114 Å². The molecular weight excluding hydrogens is 414 g/mol. The Balaban J connectivity index is 1.55. The van der Waals surface area contributed by atoms with Gasteiger partial charge in [0.05, 0.1) is 18.8 Å². The second-order valence-corrected chi connectivity index (χ2v) is 10.3. The third kappa shape index (κ3) is 6.30. The van der Waals surface area contributed by atoms with Crippen LogP contribution in [0.15, 0.2) is 4.99 Å². The van der Waals surface area contributed by atoms with Gasteiger partial charge >= 0.3 is 0 Å². The molecule has 3 rings (SSSR count). The summed E-state index contributed by atoms with van der Waals surface area (Å²) in [5, 5.41) is 11.1. The molecule has 1 unspecified atom stereocenters. The largest absolute Gasteiger partial charge is 0.377 e. The van der Waals surface area contributed by atoms with E-state index in [2.05, 4.69) is 25.7 Å². The molecule has 2 N–H and O–H groups in total. The zero-order valence-electron chi connectivity index (χ0n) is 17.1. The summed E-state index contributed by atoms with van der Waals surface area (Å²) in [7, 11) is -1.61. The number of thioether (sulfide) groups is 1. The van der Waals surface area contributed by atoms with Gasteiger partial charge in [-0.2, -0.15) is 16.9 Å². The summed E-state index contributed by atoms with van der Waals surface area (Å²) in [6, 6.07) is 0.160. The highest BCUT2D eigenvalue weighted by Gasteiger charge is 2.24. The average Bonchev–Trinajstić information content (AvgIpc) is 3.10. The summed E-state index contributed by atoms with van der Waals surface area (Å²) in [4.78, 5) is 8.99. The molecule has 10 nitrogen and oxygen atoms in total. The summed E-state index contributed by atoms with van der Waals surface area (Å²) in [6.07, 6.45) is 1.74. The van der Waals surface area contributed by atoms with Crippen molar-refractivity contribution in [1.82, 2.24) is 29.7 Å². The minimum atomic E-state index is -3.25. The normalized spacial score (nSPS) is 21.0. The van der Waals surface area contributed by atoms with Crippen molar-refractivity contribution in [3.8, 4) is 0 Å². The van der Waals surface area contributed by atoms with Crippen molar-refractivity contribution in [1.29, 1.82) is 0 Å². The number of rotatable bonds is 8. The zero-order chi connectivity index (χ0) is 20.7. The van der Waals surface area contributed by atoms with Gasteiger partial charge in [-0.25, -0.2) is 22.4 Å². The molecule has 0 saturated carbocycles. The van der Waals surface area contributed by atoms with E-state index in [1.165, 1.54) is 0 Å². The highest BCUT2D eigenvalue weighted by atomic mass is 32.2. The first-order chi connectivity index (χ1) is 14.0. The Morgan fingerprint density at radius 1 is 1.38 bits per heavy atom. The van der Waals surface area contributed by atoms with Crippen LogP contribution >= 0.6 is 11.8 Å². The van der Waals surface area contributed by atoms with E-state index in [0.717, 1.165) is 30.2 Å². The first-order valence-electron chi connectivity index (χ1n) is 10.0. The Labute approximate surface area is 176 Å². The van der Waals surface area contributed by atoms with Crippen molar-refractivity contribution in [3.63, 3.8) is 0 Å². The van der Waals surface area contributed by atoms with Crippen LogP contribution in [0.2, 0.25) is 0 Å². The van der Waals surface area contributed by atoms with Crippen LogP contribution in [0.5, 0.6) is 0 Å². The summed E-state index contributed by atoms with van der Waals surface area (Å²) in [5.41, 5.74) is 0. The predicted octanol–water partition coefficient (Wildman–Crippen LogP) is -0.327. The van der Waals surface area contributed by atoms with Crippen LogP contribution in [0.1, 0.15) is 25.0 Å². The lowest BCUT2D eigenvalue weighted by Crippen LogP contribution is -2.47. The van der Waals surface area contributed by atoms with Crippen LogP contribution in [0, 0.1) is 0 Å². The summed E-state index contributed by atoms with van der Waals surface area (Å²) >= 11 is 1.80. The van der Waals surface area contributed by atoms with Gasteiger partial charge in [-0.3, -0.25) is 4.99 Å². The Bertz CT molecular complexity index is 791. The number of sulfonamides is 1. The molecule has 2 aliphatic heterocycles. The van der Waals surface area contributed by atoms with Crippen molar-refractivity contribution in [3.05, 3.63) is 11.6 Å². The highest BCUT2D eigenvalue weighted by Crippen LogP contribution is 2.14. The van der Waals surface area contributed by atoms with Crippen molar-refractivity contribution >= 4 is 27.7 Å². The molecule has 0 spiro atoms. The number of ether oxygens (including phenoxy) is 1. The van der Waals surface area contributed by atoms with Gasteiger partial charge in [-0.1, -0.05) is 0 Å². The van der Waals surface area contributed by atoms with Crippen LogP contribution in [0.25, 0.3) is 0 Å². The lowest BCUT2D eigenvalue weighted by Gasteiger charge is -2.26. The van der Waals surface area contributed by atoms with E-state index in [1.807, 2.05) is 11.6 Å². The van der Waals surface area contributed by atoms with Crippen LogP contribution in [0.3, 0.4) is 0 Å². The number of guanidine groups is 1. The molecule has 29 heavy (non-hydrogen) atoms. The molecule has 164 valence electrons. The molecule has 1 aromatic rings. The van der Waals surface area contributed by atoms with Crippen LogP contribution in [-0.4, -0.2) is 90.0 Å². The van der Waals surface area contributed by atoms with Crippen LogP contribution in [0.4, 0.5) is 0 Å². The average molecular weight is 446 g/mol. The van der Waals surface area contributed by atoms with Crippen molar-refractivity contribution < 1.29 is 13.2 Å². The molecule has 0 radical (unpaired) electrons. The minimum Gasteiger partial charge on any atom is -0.377 e. The third-order valence-electron chi connectivity index (χ3n) is 4.84. The maximum absolute atomic E-state index is 12.5. The fourth-order valence-corrected chi connectivity index (χ4v) is 5.86. The number of aliphatic imine (C=N–C) groups is 1. The molecule has 1 aromatic heterocycles. The van der Waals surface area contributed by atoms with Crippen molar-refractivity contribution in [2.75, 3.05) is 50.5 Å². The SMILES string of the molecule is CCNC(=NCCS(=O)(=O)N1CCSCC1)NC1CCc2nc(COC)nn2C1. The van der Waals surface area contributed by atoms with Crippen molar-refractivity contribution in [2.24, 2.45) is 4.99 Å².